The fourth-order valence-corrected chi connectivity index (χ4v) is 7.55. The fraction of sp³-hybridized carbons (Fsp3) is 0.381. The van der Waals surface area contributed by atoms with E-state index in [1.54, 1.807) is 0 Å². The molecule has 2 aromatic carbocycles. The van der Waals surface area contributed by atoms with Crippen LogP contribution < -0.4 is 9.34 Å². The molecular weight excluding hydrogens is 341 g/mol. The first-order chi connectivity index (χ1) is 12.7. The molecule has 2 aromatic rings. The van der Waals surface area contributed by atoms with Crippen molar-refractivity contribution in [3.63, 3.8) is 0 Å². The van der Waals surface area contributed by atoms with Crippen molar-refractivity contribution < 1.29 is 4.57 Å². The summed E-state index contributed by atoms with van der Waals surface area (Å²) in [5.41, 5.74) is 1.81. The number of nitrogens with zero attached hydrogens (tertiary/aromatic N) is 3. The van der Waals surface area contributed by atoms with Crippen LogP contribution in [0.3, 0.4) is 0 Å². The van der Waals surface area contributed by atoms with Crippen LogP contribution >= 0.6 is 7.44 Å². The summed E-state index contributed by atoms with van der Waals surface area (Å²) >= 11 is 0. The average molecular weight is 367 g/mol. The predicted octanol–water partition coefficient (Wildman–Crippen LogP) is 5.68. The van der Waals surface area contributed by atoms with Crippen molar-refractivity contribution in [2.75, 3.05) is 22.4 Å². The van der Waals surface area contributed by atoms with Gasteiger partial charge in [-0.25, -0.2) is 0 Å². The Hall–Kier alpha value is -2.24. The Balaban J connectivity index is 2.12. The van der Waals surface area contributed by atoms with Gasteiger partial charge in [0.05, 0.1) is 11.7 Å². The van der Waals surface area contributed by atoms with E-state index in [0.29, 0.717) is 6.42 Å². The summed E-state index contributed by atoms with van der Waals surface area (Å²) in [6.45, 7) is 3.62. The zero-order valence-electron chi connectivity index (χ0n) is 15.3. The monoisotopic (exact) mass is 367 g/mol. The van der Waals surface area contributed by atoms with Crippen molar-refractivity contribution in [1.29, 1.82) is 5.26 Å². The van der Waals surface area contributed by atoms with Gasteiger partial charge in [0.25, 0.3) is 7.44 Å². The number of hydrogen-bond donors (Lipinski definition) is 0. The van der Waals surface area contributed by atoms with Gasteiger partial charge in [-0.2, -0.15) is 5.26 Å². The highest BCUT2D eigenvalue weighted by Crippen LogP contribution is 2.63. The van der Waals surface area contributed by atoms with Crippen LogP contribution in [-0.2, 0) is 4.57 Å². The minimum Gasteiger partial charge on any atom is -0.306 e. The predicted molar refractivity (Wildman–Crippen MR) is 109 cm³/mol. The van der Waals surface area contributed by atoms with E-state index in [1.807, 2.05) is 60.7 Å². The third kappa shape index (κ3) is 3.50. The van der Waals surface area contributed by atoms with Crippen molar-refractivity contribution >= 4 is 18.8 Å². The zero-order valence-corrected chi connectivity index (χ0v) is 16.2. The lowest BCUT2D eigenvalue weighted by atomic mass is 10.2. The van der Waals surface area contributed by atoms with Crippen molar-refractivity contribution in [3.05, 3.63) is 60.7 Å². The molecule has 1 heterocycles. The Morgan fingerprint density at radius 1 is 1.00 bits per heavy atom. The van der Waals surface area contributed by atoms with Crippen LogP contribution in [0, 0.1) is 11.3 Å². The summed E-state index contributed by atoms with van der Waals surface area (Å²) in [6.07, 6.45) is 2.97. The minimum absolute atomic E-state index is 0.154. The van der Waals surface area contributed by atoms with Gasteiger partial charge < -0.3 is 9.34 Å². The Kier molecular flexibility index (Phi) is 6.01. The fourth-order valence-electron chi connectivity index (χ4n) is 3.80. The maximum atomic E-state index is 14.7. The van der Waals surface area contributed by atoms with Crippen LogP contribution in [-0.4, -0.2) is 18.7 Å². The topological polar surface area (TPSA) is 47.3 Å². The van der Waals surface area contributed by atoms with Crippen LogP contribution in [0.2, 0.25) is 0 Å². The summed E-state index contributed by atoms with van der Waals surface area (Å²) in [5.74, 6) is 0. The Morgan fingerprint density at radius 2 is 1.50 bits per heavy atom. The molecule has 26 heavy (non-hydrogen) atoms. The van der Waals surface area contributed by atoms with E-state index in [1.165, 1.54) is 0 Å². The van der Waals surface area contributed by atoms with Crippen molar-refractivity contribution in [2.45, 2.75) is 38.3 Å². The molecule has 136 valence electrons. The van der Waals surface area contributed by atoms with Crippen molar-refractivity contribution in [3.8, 4) is 6.07 Å². The maximum Gasteiger partial charge on any atom is 0.267 e. The molecule has 5 heteroatoms. The number of hydrogen-bond acceptors (Lipinski definition) is 2. The van der Waals surface area contributed by atoms with Crippen LogP contribution in [0.15, 0.2) is 60.7 Å². The highest BCUT2D eigenvalue weighted by Gasteiger charge is 2.46. The third-order valence-corrected chi connectivity index (χ3v) is 8.60. The molecule has 1 atom stereocenters. The second-order valence-corrected chi connectivity index (χ2v) is 9.54. The average Bonchev–Trinajstić information content (AvgIpc) is 2.69. The molecule has 0 N–H and O–H groups in total. The van der Waals surface area contributed by atoms with E-state index in [9.17, 15) is 9.83 Å². The lowest BCUT2D eigenvalue weighted by Gasteiger charge is -2.48. The first-order valence-electron chi connectivity index (χ1n) is 9.34. The van der Waals surface area contributed by atoms with Crippen LogP contribution in [0.4, 0.5) is 11.4 Å². The summed E-state index contributed by atoms with van der Waals surface area (Å²) in [7, 11) is -2.98. The number of anilines is 2. The van der Waals surface area contributed by atoms with Gasteiger partial charge >= 0.3 is 0 Å². The second kappa shape index (κ2) is 8.43. The Labute approximate surface area is 156 Å². The molecule has 0 bridgehead atoms. The van der Waals surface area contributed by atoms with Gasteiger partial charge in [-0.1, -0.05) is 49.7 Å². The summed E-state index contributed by atoms with van der Waals surface area (Å²) in [5, 5.41) is 9.41. The molecule has 0 aliphatic carbocycles. The van der Waals surface area contributed by atoms with Crippen LogP contribution in [0.25, 0.3) is 0 Å². The SMILES string of the molecule is CCCC(CC#N)P1(=O)N(c2ccccc2)CCCN1c1ccccc1. The molecule has 1 saturated heterocycles. The quantitative estimate of drug-likeness (QED) is 0.616. The molecule has 0 spiro atoms. The molecule has 1 aliphatic rings. The summed E-state index contributed by atoms with van der Waals surface area (Å²) in [4.78, 5) is 0. The Morgan fingerprint density at radius 3 is 1.92 bits per heavy atom. The van der Waals surface area contributed by atoms with Gasteiger partial charge in [0.15, 0.2) is 0 Å². The molecule has 0 saturated carbocycles. The molecule has 4 nitrogen and oxygen atoms in total. The second-order valence-electron chi connectivity index (χ2n) is 6.66. The molecule has 0 amide bonds. The molecule has 0 aromatic heterocycles. The molecule has 1 aliphatic heterocycles. The van der Waals surface area contributed by atoms with E-state index in [-0.39, 0.29) is 5.66 Å². The molecular formula is C21H26N3OP. The van der Waals surface area contributed by atoms with Gasteiger partial charge in [0, 0.05) is 30.9 Å². The summed E-state index contributed by atoms with van der Waals surface area (Å²) < 4.78 is 18.8. The standard InChI is InChI=1S/C21H26N3OP/c1-2-10-21(15-16-22)26(25)23(19-11-5-3-6-12-19)17-9-18-24(26)20-13-7-4-8-14-20/h3-8,11-14,21H,2,9-10,15,17-18H2,1H3. The largest absolute Gasteiger partial charge is 0.306 e. The van der Waals surface area contributed by atoms with Gasteiger partial charge in [0.1, 0.15) is 0 Å². The molecule has 1 fully saturated rings. The lowest BCUT2D eigenvalue weighted by Crippen LogP contribution is -2.43. The van der Waals surface area contributed by atoms with Crippen LogP contribution in [0.1, 0.15) is 32.6 Å². The molecule has 1 unspecified atom stereocenters. The highest BCUT2D eigenvalue weighted by atomic mass is 31.2. The lowest BCUT2D eigenvalue weighted by molar-refractivity contribution is 0.538. The first kappa shape index (κ1) is 18.5. The van der Waals surface area contributed by atoms with Gasteiger partial charge in [-0.15, -0.1) is 0 Å². The number of para-hydroxylation sites is 2. The zero-order chi connectivity index (χ0) is 18.4. The van der Waals surface area contributed by atoms with Crippen LogP contribution in [0.5, 0.6) is 0 Å². The van der Waals surface area contributed by atoms with E-state index in [0.717, 1.165) is 43.7 Å². The minimum atomic E-state index is -2.98. The van der Waals surface area contributed by atoms with E-state index in [2.05, 4.69) is 22.3 Å². The van der Waals surface area contributed by atoms with E-state index in [4.69, 9.17) is 0 Å². The highest BCUT2D eigenvalue weighted by molar-refractivity contribution is 7.68. The van der Waals surface area contributed by atoms with Gasteiger partial charge in [-0.05, 0) is 37.1 Å². The molecule has 0 radical (unpaired) electrons. The van der Waals surface area contributed by atoms with Crippen molar-refractivity contribution in [1.82, 2.24) is 0 Å². The van der Waals surface area contributed by atoms with E-state index >= 15 is 0 Å². The smallest absolute Gasteiger partial charge is 0.267 e. The Bertz CT molecular complexity index is 736. The van der Waals surface area contributed by atoms with Crippen molar-refractivity contribution in [2.24, 2.45) is 0 Å². The maximum absolute atomic E-state index is 14.7. The number of nitriles is 1. The summed E-state index contributed by atoms with van der Waals surface area (Å²) in [6, 6.07) is 22.3. The third-order valence-electron chi connectivity index (χ3n) is 4.96. The first-order valence-corrected chi connectivity index (χ1v) is 11.0. The normalized spacial score (nSPS) is 17.5. The number of benzene rings is 2. The number of rotatable bonds is 6. The van der Waals surface area contributed by atoms with E-state index < -0.39 is 7.44 Å². The van der Waals surface area contributed by atoms with Gasteiger partial charge in [0.2, 0.25) is 0 Å². The van der Waals surface area contributed by atoms with Gasteiger partial charge in [-0.3, -0.25) is 4.57 Å². The molecule has 3 rings (SSSR count).